The van der Waals surface area contributed by atoms with E-state index in [9.17, 15) is 0 Å². The number of quaternary nitrogens is 1. The van der Waals surface area contributed by atoms with Crippen LogP contribution in [0.5, 0.6) is 0 Å². The molecular weight excluding hydrogens is 334 g/mol. The van der Waals surface area contributed by atoms with E-state index >= 15 is 0 Å². The van der Waals surface area contributed by atoms with Gasteiger partial charge in [-0.2, -0.15) is 0 Å². The Hall–Kier alpha value is -1.12. The molecule has 2 heteroatoms. The Morgan fingerprint density at radius 2 is 1.50 bits per heavy atom. The van der Waals surface area contributed by atoms with Crippen LogP contribution in [0.25, 0.3) is 0 Å². The molecule has 2 aromatic carbocycles. The average Bonchev–Trinajstić information content (AvgIpc) is 2.52. The van der Waals surface area contributed by atoms with E-state index in [0.29, 0.717) is 6.04 Å². The van der Waals surface area contributed by atoms with E-state index < -0.39 is 0 Å². The van der Waals surface area contributed by atoms with Gasteiger partial charge in [-0.05, 0) is 24.0 Å². The quantitative estimate of drug-likeness (QED) is 0.730. The van der Waals surface area contributed by atoms with Crippen LogP contribution in [0.4, 0.5) is 0 Å². The number of hydrogen-bond donors (Lipinski definition) is 1. The second-order valence-electron chi connectivity index (χ2n) is 6.10. The fourth-order valence-electron chi connectivity index (χ4n) is 3.07. The monoisotopic (exact) mass is 361 g/mol. The predicted molar refractivity (Wildman–Crippen MR) is 90.8 cm³/mol. The second kappa shape index (κ2) is 9.81. The van der Waals surface area contributed by atoms with E-state index in [1.807, 2.05) is 0 Å². The Morgan fingerprint density at radius 3 is 2.14 bits per heavy atom. The van der Waals surface area contributed by atoms with Gasteiger partial charge in [0.25, 0.3) is 0 Å². The minimum Gasteiger partial charge on any atom is -1.00 e. The fourth-order valence-corrected chi connectivity index (χ4v) is 3.07. The Bertz CT molecular complexity index is 536. The van der Waals surface area contributed by atoms with E-state index in [-0.39, 0.29) is 17.0 Å². The Morgan fingerprint density at radius 1 is 0.864 bits per heavy atom. The molecule has 0 radical (unpaired) electrons. The molecule has 0 bridgehead atoms. The first-order valence-electron chi connectivity index (χ1n) is 8.14. The van der Waals surface area contributed by atoms with Gasteiger partial charge in [0, 0.05) is 12.0 Å². The Balaban J connectivity index is 0.00000242. The van der Waals surface area contributed by atoms with Crippen molar-refractivity contribution in [3.8, 4) is 0 Å². The lowest BCUT2D eigenvalue weighted by atomic mass is 9.92. The third-order valence-electron chi connectivity index (χ3n) is 4.23. The minimum absolute atomic E-state index is 0. The van der Waals surface area contributed by atoms with E-state index in [0.717, 1.165) is 12.8 Å². The van der Waals surface area contributed by atoms with Crippen LogP contribution < -0.4 is 21.9 Å². The van der Waals surface area contributed by atoms with Crippen molar-refractivity contribution in [2.45, 2.75) is 38.6 Å². The number of halogens is 1. The number of hydrogen-bond acceptors (Lipinski definition) is 0. The van der Waals surface area contributed by atoms with Gasteiger partial charge in [0.15, 0.2) is 0 Å². The molecule has 1 atom stereocenters. The first-order valence-corrected chi connectivity index (χ1v) is 8.14. The third kappa shape index (κ3) is 5.26. The maximum Gasteiger partial charge on any atom is 0.113 e. The van der Waals surface area contributed by atoms with Crippen LogP contribution in [0, 0.1) is 0 Å². The van der Waals surface area contributed by atoms with Gasteiger partial charge in [-0.15, -0.1) is 0 Å². The molecule has 2 aromatic rings. The summed E-state index contributed by atoms with van der Waals surface area (Å²) in [5.74, 6) is 0. The van der Waals surface area contributed by atoms with Crippen molar-refractivity contribution >= 4 is 0 Å². The van der Waals surface area contributed by atoms with Crippen LogP contribution in [0.15, 0.2) is 54.6 Å². The molecule has 0 spiro atoms. The number of rotatable bonds is 7. The number of nitrogens with one attached hydrogen (secondary N) is 1. The molecule has 2 rings (SSSR count). The first kappa shape index (κ1) is 18.9. The highest BCUT2D eigenvalue weighted by Crippen LogP contribution is 2.21. The summed E-state index contributed by atoms with van der Waals surface area (Å²) >= 11 is 0. The topological polar surface area (TPSA) is 4.44 Å². The van der Waals surface area contributed by atoms with Crippen molar-refractivity contribution < 1.29 is 21.9 Å². The Labute approximate surface area is 146 Å². The van der Waals surface area contributed by atoms with Gasteiger partial charge >= 0.3 is 0 Å². The van der Waals surface area contributed by atoms with Crippen LogP contribution in [0.1, 0.15) is 42.5 Å². The summed E-state index contributed by atoms with van der Waals surface area (Å²) in [5.41, 5.74) is 4.48. The molecule has 0 aliphatic rings. The van der Waals surface area contributed by atoms with Crippen LogP contribution in [-0.2, 0) is 12.8 Å². The summed E-state index contributed by atoms with van der Waals surface area (Å²) in [6.07, 6.45) is 4.75. The van der Waals surface area contributed by atoms with Crippen LogP contribution in [0.2, 0.25) is 0 Å². The lowest BCUT2D eigenvalue weighted by Gasteiger charge is -2.24. The van der Waals surface area contributed by atoms with Gasteiger partial charge in [-0.25, -0.2) is 0 Å². The normalized spacial score (nSPS) is 12.0. The second-order valence-corrected chi connectivity index (χ2v) is 6.10. The highest BCUT2D eigenvalue weighted by Gasteiger charge is 2.19. The third-order valence-corrected chi connectivity index (χ3v) is 4.23. The van der Waals surface area contributed by atoms with E-state index in [4.69, 9.17) is 0 Å². The summed E-state index contributed by atoms with van der Waals surface area (Å²) in [4.78, 5) is 1.53. The zero-order valence-electron chi connectivity index (χ0n) is 14.0. The van der Waals surface area contributed by atoms with Gasteiger partial charge in [-0.3, -0.25) is 0 Å². The van der Waals surface area contributed by atoms with E-state index in [1.54, 1.807) is 0 Å². The first-order chi connectivity index (χ1) is 10.2. The van der Waals surface area contributed by atoms with E-state index in [2.05, 4.69) is 75.6 Å². The lowest BCUT2D eigenvalue weighted by Crippen LogP contribution is -3.06. The fraction of sp³-hybridized carbons (Fsp3) is 0.400. The average molecular weight is 362 g/mol. The van der Waals surface area contributed by atoms with Crippen LogP contribution in [0.3, 0.4) is 0 Å². The zero-order valence-corrected chi connectivity index (χ0v) is 15.6. The molecule has 0 aliphatic carbocycles. The standard InChI is InChI=1S/C20H27N.BrH/c1-4-10-20(21(2)3)19-14-9-8-13-18(19)16-15-17-11-6-5-7-12-17;/h5-9,11-14,20H,4,10,15-16H2,1-3H3;1H. The Kier molecular flexibility index (Phi) is 8.44. The zero-order chi connectivity index (χ0) is 15.1. The van der Waals surface area contributed by atoms with Gasteiger partial charge in [0.05, 0.1) is 14.1 Å². The smallest absolute Gasteiger partial charge is 0.113 e. The van der Waals surface area contributed by atoms with Gasteiger partial charge in [0.2, 0.25) is 0 Å². The number of benzene rings is 2. The largest absolute Gasteiger partial charge is 1.00 e. The van der Waals surface area contributed by atoms with Gasteiger partial charge in [0.1, 0.15) is 6.04 Å². The van der Waals surface area contributed by atoms with Crippen LogP contribution >= 0.6 is 0 Å². The predicted octanol–water partition coefficient (Wildman–Crippen LogP) is 0.462. The molecule has 22 heavy (non-hydrogen) atoms. The van der Waals surface area contributed by atoms with Crippen molar-refractivity contribution in [3.05, 3.63) is 71.3 Å². The summed E-state index contributed by atoms with van der Waals surface area (Å²) in [6, 6.07) is 20.4. The molecule has 0 fully saturated rings. The van der Waals surface area contributed by atoms with Crippen molar-refractivity contribution in [2.75, 3.05) is 14.1 Å². The van der Waals surface area contributed by atoms with Crippen LogP contribution in [-0.4, -0.2) is 14.1 Å². The molecule has 0 saturated heterocycles. The number of aryl methyl sites for hydroxylation is 2. The van der Waals surface area contributed by atoms with Crippen molar-refractivity contribution in [2.24, 2.45) is 0 Å². The molecule has 1 nitrogen and oxygen atoms in total. The molecule has 120 valence electrons. The molecule has 0 heterocycles. The summed E-state index contributed by atoms with van der Waals surface area (Å²) in [7, 11) is 4.54. The van der Waals surface area contributed by atoms with Crippen molar-refractivity contribution in [1.82, 2.24) is 0 Å². The molecule has 0 aromatic heterocycles. The maximum atomic E-state index is 2.33. The molecule has 1 unspecified atom stereocenters. The van der Waals surface area contributed by atoms with Gasteiger partial charge in [-0.1, -0.05) is 67.9 Å². The maximum absolute atomic E-state index is 2.33. The molecular formula is C20H28BrN. The van der Waals surface area contributed by atoms with Crippen molar-refractivity contribution in [1.29, 1.82) is 0 Å². The lowest BCUT2D eigenvalue weighted by molar-refractivity contribution is -0.892. The molecule has 0 amide bonds. The van der Waals surface area contributed by atoms with Crippen molar-refractivity contribution in [3.63, 3.8) is 0 Å². The SMILES string of the molecule is CCCC(c1ccccc1CCc1ccccc1)[NH+](C)C.[Br-]. The minimum atomic E-state index is 0. The summed E-state index contributed by atoms with van der Waals surface area (Å²) in [6.45, 7) is 2.28. The highest BCUT2D eigenvalue weighted by molar-refractivity contribution is 5.30. The van der Waals surface area contributed by atoms with Gasteiger partial charge < -0.3 is 21.9 Å². The van der Waals surface area contributed by atoms with E-state index in [1.165, 1.54) is 34.4 Å². The summed E-state index contributed by atoms with van der Waals surface area (Å²) < 4.78 is 0. The molecule has 0 aliphatic heterocycles. The molecule has 0 saturated carbocycles. The summed E-state index contributed by atoms with van der Waals surface area (Å²) in [5, 5.41) is 0. The highest BCUT2D eigenvalue weighted by atomic mass is 79.9. The molecule has 1 N–H and O–H groups in total.